The van der Waals surface area contributed by atoms with Crippen molar-refractivity contribution in [3.8, 4) is 16.3 Å². The van der Waals surface area contributed by atoms with Crippen molar-refractivity contribution < 1.29 is 23.0 Å². The van der Waals surface area contributed by atoms with E-state index in [4.69, 9.17) is 9.47 Å². The van der Waals surface area contributed by atoms with Crippen molar-refractivity contribution in [2.24, 2.45) is 0 Å². The van der Waals surface area contributed by atoms with E-state index in [1.807, 2.05) is 13.0 Å². The van der Waals surface area contributed by atoms with E-state index in [1.165, 1.54) is 23.7 Å². The third-order valence-corrected chi connectivity index (χ3v) is 5.92. The molecule has 7 nitrogen and oxygen atoms in total. The summed E-state index contributed by atoms with van der Waals surface area (Å²) >= 11 is 1.53. The van der Waals surface area contributed by atoms with Crippen LogP contribution in [0.4, 0.5) is 8.78 Å². The van der Waals surface area contributed by atoms with E-state index < -0.39 is 18.3 Å². The van der Waals surface area contributed by atoms with Crippen LogP contribution in [0.15, 0.2) is 36.8 Å². The molecule has 168 valence electrons. The second-order valence-electron chi connectivity index (χ2n) is 7.50. The van der Waals surface area contributed by atoms with Crippen LogP contribution in [0.25, 0.3) is 10.6 Å². The second-order valence-corrected chi connectivity index (χ2v) is 8.73. The number of nitrogens with zero attached hydrogens (tertiary/aromatic N) is 3. The van der Waals surface area contributed by atoms with Crippen molar-refractivity contribution >= 4 is 17.2 Å². The highest BCUT2D eigenvalue weighted by Crippen LogP contribution is 2.31. The Bertz CT molecular complexity index is 1090. The van der Waals surface area contributed by atoms with E-state index in [2.05, 4.69) is 20.3 Å². The standard InChI is InChI=1S/C22H22F2N4O3S/c1-12-8-27-22(32-12)15-5-14(6-18(7-15)31-17-3-4-30-11-17)21(29)28-13(2)16-9-25-20(19(23)24)26-10-16/h5-10,13,17,19H,3-4,11H2,1-2H3,(H,28,29)/t13-,17+/m1/s1. The van der Waals surface area contributed by atoms with Gasteiger partial charge in [0, 0.05) is 46.6 Å². The van der Waals surface area contributed by atoms with Crippen LogP contribution in [0.1, 0.15) is 52.4 Å². The minimum Gasteiger partial charge on any atom is -0.488 e. The minimum absolute atomic E-state index is 0.0661. The molecule has 0 unspecified atom stereocenters. The minimum atomic E-state index is -2.74. The maximum absolute atomic E-state index is 13.0. The molecule has 0 saturated carbocycles. The lowest BCUT2D eigenvalue weighted by atomic mass is 10.1. The summed E-state index contributed by atoms with van der Waals surface area (Å²) in [5.41, 5.74) is 1.71. The van der Waals surface area contributed by atoms with Crippen LogP contribution in [-0.4, -0.2) is 40.2 Å². The Morgan fingerprint density at radius 1 is 1.22 bits per heavy atom. The number of thiazole rings is 1. The Morgan fingerprint density at radius 2 is 2.00 bits per heavy atom. The normalized spacial score (nSPS) is 16.8. The molecule has 1 fully saturated rings. The first kappa shape index (κ1) is 22.2. The first-order valence-corrected chi connectivity index (χ1v) is 10.9. The number of halogens is 2. The molecule has 32 heavy (non-hydrogen) atoms. The summed E-state index contributed by atoms with van der Waals surface area (Å²) in [5, 5.41) is 3.65. The average Bonchev–Trinajstić information content (AvgIpc) is 3.45. The van der Waals surface area contributed by atoms with Gasteiger partial charge in [-0.3, -0.25) is 4.79 Å². The second kappa shape index (κ2) is 9.66. The summed E-state index contributed by atoms with van der Waals surface area (Å²) in [5.74, 6) is -0.317. The summed E-state index contributed by atoms with van der Waals surface area (Å²) < 4.78 is 36.8. The van der Waals surface area contributed by atoms with Crippen molar-refractivity contribution in [1.29, 1.82) is 0 Å². The third kappa shape index (κ3) is 5.25. The van der Waals surface area contributed by atoms with Crippen LogP contribution < -0.4 is 10.1 Å². The van der Waals surface area contributed by atoms with Gasteiger partial charge in [-0.25, -0.2) is 23.7 Å². The van der Waals surface area contributed by atoms with E-state index in [0.717, 1.165) is 21.9 Å². The number of hydrogen-bond acceptors (Lipinski definition) is 7. The smallest absolute Gasteiger partial charge is 0.297 e. The first-order valence-electron chi connectivity index (χ1n) is 10.1. The summed E-state index contributed by atoms with van der Waals surface area (Å²) in [6.07, 6.45) is 2.35. The number of aromatic nitrogens is 3. The van der Waals surface area contributed by atoms with Crippen LogP contribution in [0.3, 0.4) is 0 Å². The molecule has 1 amide bonds. The van der Waals surface area contributed by atoms with Crippen molar-refractivity contribution in [2.75, 3.05) is 13.2 Å². The van der Waals surface area contributed by atoms with Crippen molar-refractivity contribution in [2.45, 2.75) is 38.8 Å². The number of benzene rings is 1. The maximum Gasteiger partial charge on any atom is 0.297 e. The quantitative estimate of drug-likeness (QED) is 0.559. The van der Waals surface area contributed by atoms with Crippen molar-refractivity contribution in [1.82, 2.24) is 20.3 Å². The molecule has 0 bridgehead atoms. The van der Waals surface area contributed by atoms with Gasteiger partial charge in [0.15, 0.2) is 5.82 Å². The molecule has 2 atom stereocenters. The molecule has 0 aliphatic carbocycles. The lowest BCUT2D eigenvalue weighted by Gasteiger charge is -2.17. The van der Waals surface area contributed by atoms with Gasteiger partial charge in [-0.05, 0) is 32.0 Å². The fourth-order valence-electron chi connectivity index (χ4n) is 3.26. The SMILES string of the molecule is Cc1cnc(-c2cc(O[C@H]3CCOC3)cc(C(=O)N[C@H](C)c3cnc(C(F)F)nc3)c2)s1. The van der Waals surface area contributed by atoms with Gasteiger partial charge < -0.3 is 14.8 Å². The number of amides is 1. The molecule has 3 heterocycles. The van der Waals surface area contributed by atoms with Gasteiger partial charge in [0.25, 0.3) is 12.3 Å². The molecule has 1 saturated heterocycles. The molecule has 1 aromatic carbocycles. The van der Waals surface area contributed by atoms with Gasteiger partial charge >= 0.3 is 0 Å². The van der Waals surface area contributed by atoms with E-state index in [-0.39, 0.29) is 12.0 Å². The highest BCUT2D eigenvalue weighted by molar-refractivity contribution is 7.14. The van der Waals surface area contributed by atoms with Gasteiger partial charge in [0.2, 0.25) is 0 Å². The predicted molar refractivity (Wildman–Crippen MR) is 115 cm³/mol. The fourth-order valence-corrected chi connectivity index (χ4v) is 4.01. The van der Waals surface area contributed by atoms with Crippen LogP contribution in [0, 0.1) is 6.92 Å². The number of nitrogens with one attached hydrogen (secondary N) is 1. The van der Waals surface area contributed by atoms with E-state index >= 15 is 0 Å². The Balaban J connectivity index is 1.56. The molecule has 0 radical (unpaired) electrons. The zero-order chi connectivity index (χ0) is 22.7. The molecule has 1 aliphatic heterocycles. The number of carbonyl (C=O) groups excluding carboxylic acids is 1. The molecular weight excluding hydrogens is 438 g/mol. The topological polar surface area (TPSA) is 86.2 Å². The number of aryl methyl sites for hydroxylation is 1. The van der Waals surface area contributed by atoms with Crippen LogP contribution in [-0.2, 0) is 4.74 Å². The van der Waals surface area contributed by atoms with Crippen LogP contribution in [0.5, 0.6) is 5.75 Å². The summed E-state index contributed by atoms with van der Waals surface area (Å²) in [4.78, 5) is 25.8. The van der Waals surface area contributed by atoms with Crippen LogP contribution >= 0.6 is 11.3 Å². The largest absolute Gasteiger partial charge is 0.488 e. The highest BCUT2D eigenvalue weighted by Gasteiger charge is 2.20. The zero-order valence-corrected chi connectivity index (χ0v) is 18.4. The number of alkyl halides is 2. The predicted octanol–water partition coefficient (Wildman–Crippen LogP) is 4.50. The number of ether oxygens (including phenoxy) is 2. The molecule has 10 heteroatoms. The zero-order valence-electron chi connectivity index (χ0n) is 17.5. The van der Waals surface area contributed by atoms with Gasteiger partial charge in [-0.15, -0.1) is 11.3 Å². The molecule has 0 spiro atoms. The summed E-state index contributed by atoms with van der Waals surface area (Å²) in [7, 11) is 0. The fraction of sp³-hybridized carbons (Fsp3) is 0.364. The monoisotopic (exact) mass is 460 g/mol. The van der Waals surface area contributed by atoms with Crippen molar-refractivity contribution in [3.05, 3.63) is 58.6 Å². The summed E-state index contributed by atoms with van der Waals surface area (Å²) in [6.45, 7) is 4.86. The van der Waals surface area contributed by atoms with E-state index in [1.54, 1.807) is 25.3 Å². The Labute approximate surface area is 187 Å². The van der Waals surface area contributed by atoms with Crippen molar-refractivity contribution in [3.63, 3.8) is 0 Å². The average molecular weight is 461 g/mol. The van der Waals surface area contributed by atoms with E-state index in [9.17, 15) is 13.6 Å². The Kier molecular flexibility index (Phi) is 6.71. The number of carbonyl (C=O) groups is 1. The molecule has 4 rings (SSSR count). The highest BCUT2D eigenvalue weighted by atomic mass is 32.1. The Morgan fingerprint density at radius 3 is 2.62 bits per heavy atom. The summed E-state index contributed by atoms with van der Waals surface area (Å²) in [6, 6.07) is 4.83. The maximum atomic E-state index is 13.0. The van der Waals surface area contributed by atoms with Gasteiger partial charge in [0.1, 0.15) is 16.9 Å². The first-order chi connectivity index (χ1) is 15.4. The van der Waals surface area contributed by atoms with Gasteiger partial charge in [-0.2, -0.15) is 0 Å². The number of rotatable bonds is 7. The molecule has 1 aliphatic rings. The van der Waals surface area contributed by atoms with Crippen LogP contribution in [0.2, 0.25) is 0 Å². The molecule has 2 aromatic heterocycles. The van der Waals surface area contributed by atoms with E-state index in [0.29, 0.717) is 30.1 Å². The third-order valence-electron chi connectivity index (χ3n) is 4.96. The molecular formula is C22H22F2N4O3S. The van der Waals surface area contributed by atoms with Gasteiger partial charge in [-0.1, -0.05) is 0 Å². The molecule has 3 aromatic rings. The van der Waals surface area contributed by atoms with Gasteiger partial charge in [0.05, 0.1) is 19.3 Å². The molecule has 1 N–H and O–H groups in total. The Hall–Kier alpha value is -2.98. The lowest BCUT2D eigenvalue weighted by molar-refractivity contribution is 0.0938. The number of hydrogen-bond donors (Lipinski definition) is 1. The lowest BCUT2D eigenvalue weighted by Crippen LogP contribution is -2.27.